The fourth-order valence-corrected chi connectivity index (χ4v) is 2.02. The smallest absolute Gasteiger partial charge is 0.325 e. The number of nitrogens with zero attached hydrogens (tertiary/aromatic N) is 2. The van der Waals surface area contributed by atoms with E-state index >= 15 is 0 Å². The van der Waals surface area contributed by atoms with Gasteiger partial charge in [-0.05, 0) is 44.5 Å². The van der Waals surface area contributed by atoms with Gasteiger partial charge in [-0.3, -0.25) is 9.59 Å². The van der Waals surface area contributed by atoms with E-state index in [0.717, 1.165) is 6.42 Å². The molecule has 23 heavy (non-hydrogen) atoms. The molecular weight excluding hydrogens is 296 g/mol. The van der Waals surface area contributed by atoms with Crippen LogP contribution >= 0.6 is 0 Å². The van der Waals surface area contributed by atoms with E-state index in [-0.39, 0.29) is 19.1 Å². The van der Waals surface area contributed by atoms with Gasteiger partial charge in [-0.1, -0.05) is 6.92 Å². The Morgan fingerprint density at radius 2 is 1.91 bits per heavy atom. The van der Waals surface area contributed by atoms with E-state index < -0.39 is 12.1 Å². The van der Waals surface area contributed by atoms with Crippen molar-refractivity contribution >= 4 is 11.9 Å². The average Bonchev–Trinajstić information content (AvgIpc) is 2.54. The number of carbonyl (C=O) groups is 2. The summed E-state index contributed by atoms with van der Waals surface area (Å²) in [6, 6.07) is 8.53. The molecule has 0 aliphatic heterocycles. The van der Waals surface area contributed by atoms with Crippen LogP contribution in [0.1, 0.15) is 32.8 Å². The number of benzene rings is 1. The first-order valence-corrected chi connectivity index (χ1v) is 7.63. The van der Waals surface area contributed by atoms with Gasteiger partial charge >= 0.3 is 5.97 Å². The quantitative estimate of drug-likeness (QED) is 0.686. The SMILES string of the molecule is CCCN(CC(=O)OCC)C(=O)C(C)Oc1ccc(C#N)cc1. The van der Waals surface area contributed by atoms with Crippen LogP contribution in [0.2, 0.25) is 0 Å². The van der Waals surface area contributed by atoms with Gasteiger partial charge in [0.25, 0.3) is 5.91 Å². The van der Waals surface area contributed by atoms with Gasteiger partial charge in [0.05, 0.1) is 18.2 Å². The molecule has 0 aromatic heterocycles. The molecule has 0 spiro atoms. The van der Waals surface area contributed by atoms with Crippen LogP contribution < -0.4 is 4.74 Å². The van der Waals surface area contributed by atoms with Crippen LogP contribution in [0, 0.1) is 11.3 Å². The summed E-state index contributed by atoms with van der Waals surface area (Å²) in [7, 11) is 0. The minimum Gasteiger partial charge on any atom is -0.481 e. The van der Waals surface area contributed by atoms with Crippen molar-refractivity contribution in [2.75, 3.05) is 19.7 Å². The molecular formula is C17H22N2O4. The van der Waals surface area contributed by atoms with Gasteiger partial charge in [-0.15, -0.1) is 0 Å². The molecule has 0 heterocycles. The summed E-state index contributed by atoms with van der Waals surface area (Å²) < 4.78 is 10.5. The van der Waals surface area contributed by atoms with Crippen LogP contribution in [0.25, 0.3) is 0 Å². The Hall–Kier alpha value is -2.55. The van der Waals surface area contributed by atoms with Crippen LogP contribution in [-0.2, 0) is 14.3 Å². The zero-order valence-electron chi connectivity index (χ0n) is 13.7. The second kappa shape index (κ2) is 9.46. The van der Waals surface area contributed by atoms with Crippen molar-refractivity contribution < 1.29 is 19.1 Å². The van der Waals surface area contributed by atoms with Crippen molar-refractivity contribution in [1.82, 2.24) is 4.90 Å². The molecule has 0 fully saturated rings. The summed E-state index contributed by atoms with van der Waals surface area (Å²) in [5.41, 5.74) is 0.520. The predicted molar refractivity (Wildman–Crippen MR) is 84.8 cm³/mol. The Morgan fingerprint density at radius 3 is 2.43 bits per heavy atom. The highest BCUT2D eigenvalue weighted by Crippen LogP contribution is 2.14. The highest BCUT2D eigenvalue weighted by Gasteiger charge is 2.24. The third-order valence-corrected chi connectivity index (χ3v) is 3.07. The van der Waals surface area contributed by atoms with Crippen molar-refractivity contribution in [3.05, 3.63) is 29.8 Å². The Balaban J connectivity index is 2.69. The summed E-state index contributed by atoms with van der Waals surface area (Å²) in [5.74, 6) is -0.207. The second-order valence-electron chi connectivity index (χ2n) is 4.96. The number of esters is 1. The van der Waals surface area contributed by atoms with Gasteiger partial charge in [0.2, 0.25) is 0 Å². The lowest BCUT2D eigenvalue weighted by atomic mass is 10.2. The van der Waals surface area contributed by atoms with E-state index in [1.807, 2.05) is 13.0 Å². The zero-order chi connectivity index (χ0) is 17.2. The first-order valence-electron chi connectivity index (χ1n) is 7.63. The summed E-state index contributed by atoms with van der Waals surface area (Å²) in [4.78, 5) is 25.5. The van der Waals surface area contributed by atoms with Gasteiger partial charge in [-0.25, -0.2) is 0 Å². The van der Waals surface area contributed by atoms with E-state index in [2.05, 4.69) is 0 Å². The average molecular weight is 318 g/mol. The number of hydrogen-bond acceptors (Lipinski definition) is 5. The van der Waals surface area contributed by atoms with Crippen LogP contribution in [0.4, 0.5) is 0 Å². The molecule has 0 bridgehead atoms. The van der Waals surface area contributed by atoms with E-state index in [1.54, 1.807) is 38.1 Å². The topological polar surface area (TPSA) is 79.6 Å². The minimum absolute atomic E-state index is 0.0818. The lowest BCUT2D eigenvalue weighted by molar-refractivity contribution is -0.151. The fourth-order valence-electron chi connectivity index (χ4n) is 2.02. The number of carbonyl (C=O) groups excluding carboxylic acids is 2. The van der Waals surface area contributed by atoms with Crippen LogP contribution in [0.5, 0.6) is 5.75 Å². The molecule has 1 rings (SSSR count). The number of ether oxygens (including phenoxy) is 2. The molecule has 6 heteroatoms. The Kier molecular flexibility index (Phi) is 7.61. The molecule has 0 saturated heterocycles. The Labute approximate surface area is 136 Å². The molecule has 0 radical (unpaired) electrons. The molecule has 1 atom stereocenters. The van der Waals surface area contributed by atoms with Gasteiger partial charge in [0.1, 0.15) is 12.3 Å². The number of hydrogen-bond donors (Lipinski definition) is 0. The molecule has 1 aromatic carbocycles. The lowest BCUT2D eigenvalue weighted by Crippen LogP contribution is -2.44. The Morgan fingerprint density at radius 1 is 1.26 bits per heavy atom. The number of rotatable bonds is 8. The first-order chi connectivity index (χ1) is 11.0. The standard InChI is InChI=1S/C17H22N2O4/c1-4-10-19(12-16(20)22-5-2)17(21)13(3)23-15-8-6-14(11-18)7-9-15/h6-9,13H,4-5,10,12H2,1-3H3. The molecule has 1 aromatic rings. The lowest BCUT2D eigenvalue weighted by Gasteiger charge is -2.24. The van der Waals surface area contributed by atoms with E-state index in [0.29, 0.717) is 17.9 Å². The summed E-state index contributed by atoms with van der Waals surface area (Å²) in [5, 5.41) is 8.76. The number of nitriles is 1. The van der Waals surface area contributed by atoms with Gasteiger partial charge < -0.3 is 14.4 Å². The van der Waals surface area contributed by atoms with Crippen molar-refractivity contribution in [3.63, 3.8) is 0 Å². The molecule has 0 aliphatic carbocycles. The van der Waals surface area contributed by atoms with Crippen molar-refractivity contribution in [3.8, 4) is 11.8 Å². The first kappa shape index (κ1) is 18.5. The van der Waals surface area contributed by atoms with Crippen molar-refractivity contribution in [2.45, 2.75) is 33.3 Å². The molecule has 1 amide bonds. The molecule has 0 saturated carbocycles. The van der Waals surface area contributed by atoms with Crippen LogP contribution in [0.3, 0.4) is 0 Å². The Bertz CT molecular complexity index is 563. The van der Waals surface area contributed by atoms with Gasteiger partial charge in [0.15, 0.2) is 6.10 Å². The molecule has 124 valence electrons. The van der Waals surface area contributed by atoms with E-state index in [9.17, 15) is 9.59 Å². The summed E-state index contributed by atoms with van der Waals surface area (Å²) >= 11 is 0. The molecule has 0 aliphatic rings. The van der Waals surface area contributed by atoms with Crippen molar-refractivity contribution in [1.29, 1.82) is 5.26 Å². The van der Waals surface area contributed by atoms with Crippen molar-refractivity contribution in [2.24, 2.45) is 0 Å². The maximum Gasteiger partial charge on any atom is 0.325 e. The van der Waals surface area contributed by atoms with Gasteiger partial charge in [-0.2, -0.15) is 5.26 Å². The molecule has 6 nitrogen and oxygen atoms in total. The van der Waals surface area contributed by atoms with Crippen LogP contribution in [0.15, 0.2) is 24.3 Å². The monoisotopic (exact) mass is 318 g/mol. The molecule has 1 unspecified atom stereocenters. The maximum absolute atomic E-state index is 12.4. The minimum atomic E-state index is -0.732. The predicted octanol–water partition coefficient (Wildman–Crippen LogP) is 2.13. The number of amides is 1. The normalized spacial score (nSPS) is 11.2. The zero-order valence-corrected chi connectivity index (χ0v) is 13.7. The molecule has 0 N–H and O–H groups in total. The van der Waals surface area contributed by atoms with Gasteiger partial charge in [0, 0.05) is 6.54 Å². The summed E-state index contributed by atoms with van der Waals surface area (Å²) in [6.45, 7) is 5.94. The fraction of sp³-hybridized carbons (Fsp3) is 0.471. The van der Waals surface area contributed by atoms with Crippen LogP contribution in [-0.4, -0.2) is 42.6 Å². The second-order valence-corrected chi connectivity index (χ2v) is 4.96. The van der Waals surface area contributed by atoms with E-state index in [4.69, 9.17) is 14.7 Å². The highest BCUT2D eigenvalue weighted by molar-refractivity contribution is 5.85. The van der Waals surface area contributed by atoms with E-state index in [1.165, 1.54) is 4.90 Å². The summed E-state index contributed by atoms with van der Waals surface area (Å²) in [6.07, 6.45) is -0.00160. The highest BCUT2D eigenvalue weighted by atomic mass is 16.5. The third-order valence-electron chi connectivity index (χ3n) is 3.07. The maximum atomic E-state index is 12.4. The largest absolute Gasteiger partial charge is 0.481 e. The third kappa shape index (κ3) is 5.99.